The van der Waals surface area contributed by atoms with E-state index in [0.717, 1.165) is 42.5 Å². The lowest BCUT2D eigenvalue weighted by molar-refractivity contribution is -0.113. The van der Waals surface area contributed by atoms with Crippen LogP contribution in [0, 0.1) is 5.82 Å². The maximum atomic E-state index is 13.0. The Kier molecular flexibility index (Phi) is 6.23. The second-order valence-corrected chi connectivity index (χ2v) is 8.09. The molecule has 0 fully saturated rings. The number of carbonyl (C=O) groups is 1. The molecule has 4 rings (SSSR count). The summed E-state index contributed by atoms with van der Waals surface area (Å²) in [6, 6.07) is 9.40. The van der Waals surface area contributed by atoms with E-state index in [0.29, 0.717) is 17.3 Å². The molecule has 2 heterocycles. The molecule has 0 atom stereocenters. The van der Waals surface area contributed by atoms with Gasteiger partial charge in [-0.05, 0) is 61.6 Å². The van der Waals surface area contributed by atoms with Crippen molar-refractivity contribution in [1.82, 2.24) is 14.5 Å². The lowest BCUT2D eigenvalue weighted by atomic mass is 9.97. The predicted molar refractivity (Wildman–Crippen MR) is 114 cm³/mol. The molecule has 6 nitrogen and oxygen atoms in total. The second kappa shape index (κ2) is 9.21. The number of pyridine rings is 1. The summed E-state index contributed by atoms with van der Waals surface area (Å²) in [5, 5.41) is 3.36. The summed E-state index contributed by atoms with van der Waals surface area (Å²) < 4.78 is 14.7. The number of fused-ring (bicyclic) bond motifs is 1. The number of rotatable bonds is 6. The number of aromatic nitrogens is 3. The van der Waals surface area contributed by atoms with E-state index in [9.17, 15) is 14.0 Å². The van der Waals surface area contributed by atoms with Crippen LogP contribution in [0.15, 0.2) is 58.6 Å². The van der Waals surface area contributed by atoms with Crippen LogP contribution in [0.4, 0.5) is 10.1 Å². The fraction of sp³-hybridized carbons (Fsp3) is 0.273. The van der Waals surface area contributed by atoms with Crippen molar-refractivity contribution in [3.8, 4) is 0 Å². The van der Waals surface area contributed by atoms with Gasteiger partial charge in [-0.3, -0.25) is 14.3 Å². The summed E-state index contributed by atoms with van der Waals surface area (Å²) in [6.45, 7) is 0.442. The van der Waals surface area contributed by atoms with Gasteiger partial charge in [0.05, 0.1) is 12.3 Å². The number of anilines is 1. The van der Waals surface area contributed by atoms with Crippen molar-refractivity contribution >= 4 is 23.4 Å². The maximum Gasteiger partial charge on any atom is 0.349 e. The highest BCUT2D eigenvalue weighted by Crippen LogP contribution is 2.28. The number of hydrogen-bond donors (Lipinski definition) is 1. The number of nitrogens with zero attached hydrogens (tertiary/aromatic N) is 3. The third-order valence-corrected chi connectivity index (χ3v) is 6.00. The van der Waals surface area contributed by atoms with Gasteiger partial charge in [-0.1, -0.05) is 17.8 Å². The molecule has 1 aliphatic carbocycles. The third-order valence-electron chi connectivity index (χ3n) is 4.98. The van der Waals surface area contributed by atoms with Crippen molar-refractivity contribution in [1.29, 1.82) is 0 Å². The molecule has 0 radical (unpaired) electrons. The molecule has 0 saturated heterocycles. The van der Waals surface area contributed by atoms with Crippen molar-refractivity contribution in [3.63, 3.8) is 0 Å². The molecule has 2 aromatic heterocycles. The number of nitrogens with one attached hydrogen (secondary N) is 1. The number of halogens is 1. The molecule has 1 amide bonds. The van der Waals surface area contributed by atoms with Gasteiger partial charge in [0.15, 0.2) is 0 Å². The smallest absolute Gasteiger partial charge is 0.325 e. The van der Waals surface area contributed by atoms with Gasteiger partial charge in [0.25, 0.3) is 0 Å². The molecule has 0 unspecified atom stereocenters. The van der Waals surface area contributed by atoms with E-state index in [-0.39, 0.29) is 23.2 Å². The Labute approximate surface area is 177 Å². The van der Waals surface area contributed by atoms with Crippen LogP contribution in [-0.4, -0.2) is 26.2 Å². The Morgan fingerprint density at radius 2 is 1.97 bits per heavy atom. The minimum atomic E-state index is -0.356. The quantitative estimate of drug-likeness (QED) is 0.485. The van der Waals surface area contributed by atoms with E-state index in [2.05, 4.69) is 15.3 Å². The van der Waals surface area contributed by atoms with Crippen LogP contribution in [0.2, 0.25) is 0 Å². The SMILES string of the molecule is O=C(CSc1nc(=O)n(Cc2cccnc2)c2c1CCCC2)Nc1ccc(F)cc1. The van der Waals surface area contributed by atoms with Gasteiger partial charge < -0.3 is 5.32 Å². The molecule has 8 heteroatoms. The predicted octanol–water partition coefficient (Wildman–Crippen LogP) is 3.44. The molecular weight excluding hydrogens is 403 g/mol. The summed E-state index contributed by atoms with van der Waals surface area (Å²) >= 11 is 1.27. The maximum absolute atomic E-state index is 13.0. The highest BCUT2D eigenvalue weighted by atomic mass is 32.2. The first-order chi connectivity index (χ1) is 14.6. The Morgan fingerprint density at radius 1 is 1.17 bits per heavy atom. The van der Waals surface area contributed by atoms with Crippen LogP contribution < -0.4 is 11.0 Å². The highest BCUT2D eigenvalue weighted by molar-refractivity contribution is 8.00. The zero-order chi connectivity index (χ0) is 20.9. The fourth-order valence-electron chi connectivity index (χ4n) is 3.57. The second-order valence-electron chi connectivity index (χ2n) is 7.12. The number of hydrogen-bond acceptors (Lipinski definition) is 5. The van der Waals surface area contributed by atoms with Crippen molar-refractivity contribution in [3.05, 3.63) is 81.9 Å². The summed E-state index contributed by atoms with van der Waals surface area (Å²) in [4.78, 5) is 33.5. The molecule has 0 spiro atoms. The Bertz CT molecular complexity index is 1100. The standard InChI is InChI=1S/C22H21FN4O2S/c23-16-7-9-17(10-8-16)25-20(28)14-30-21-18-5-1-2-6-19(18)27(22(29)26-21)13-15-4-3-11-24-12-15/h3-4,7-12H,1-2,5-6,13-14H2,(H,25,28). The van der Waals surface area contributed by atoms with Crippen molar-refractivity contribution in [2.75, 3.05) is 11.1 Å². The Balaban J connectivity index is 1.52. The minimum absolute atomic E-state index is 0.128. The van der Waals surface area contributed by atoms with Crippen LogP contribution in [0.5, 0.6) is 0 Å². The number of thioether (sulfide) groups is 1. The summed E-state index contributed by atoms with van der Waals surface area (Å²) in [5.74, 6) is -0.453. The number of carbonyl (C=O) groups excluding carboxylic acids is 1. The van der Waals surface area contributed by atoms with E-state index in [4.69, 9.17) is 0 Å². The molecule has 3 aromatic rings. The summed E-state index contributed by atoms with van der Waals surface area (Å²) in [5.41, 5.74) is 3.24. The van der Waals surface area contributed by atoms with Gasteiger partial charge >= 0.3 is 5.69 Å². The fourth-order valence-corrected chi connectivity index (χ4v) is 4.45. The normalized spacial score (nSPS) is 13.0. The van der Waals surface area contributed by atoms with E-state index in [1.165, 1.54) is 36.0 Å². The van der Waals surface area contributed by atoms with Gasteiger partial charge in [-0.25, -0.2) is 9.18 Å². The zero-order valence-electron chi connectivity index (χ0n) is 16.3. The third kappa shape index (κ3) is 4.76. The topological polar surface area (TPSA) is 76.9 Å². The Morgan fingerprint density at radius 3 is 2.73 bits per heavy atom. The molecule has 1 N–H and O–H groups in total. The summed E-state index contributed by atoms with van der Waals surface area (Å²) in [6.07, 6.45) is 7.19. The van der Waals surface area contributed by atoms with Crippen LogP contribution in [0.25, 0.3) is 0 Å². The van der Waals surface area contributed by atoms with Crippen LogP contribution in [0.1, 0.15) is 29.7 Å². The van der Waals surface area contributed by atoms with Gasteiger partial charge in [0.1, 0.15) is 10.8 Å². The van der Waals surface area contributed by atoms with E-state index in [1.807, 2.05) is 12.1 Å². The number of benzene rings is 1. The molecule has 154 valence electrons. The molecular formula is C22H21FN4O2S. The lowest BCUT2D eigenvalue weighted by Crippen LogP contribution is -2.30. The van der Waals surface area contributed by atoms with Crippen molar-refractivity contribution in [2.45, 2.75) is 37.3 Å². The Hall–Kier alpha value is -3.00. The molecule has 30 heavy (non-hydrogen) atoms. The van der Waals surface area contributed by atoms with E-state index < -0.39 is 0 Å². The zero-order valence-corrected chi connectivity index (χ0v) is 17.1. The lowest BCUT2D eigenvalue weighted by Gasteiger charge is -2.22. The molecule has 0 bridgehead atoms. The largest absolute Gasteiger partial charge is 0.349 e. The van der Waals surface area contributed by atoms with Gasteiger partial charge in [-0.2, -0.15) is 4.98 Å². The minimum Gasteiger partial charge on any atom is -0.325 e. The van der Waals surface area contributed by atoms with Crippen LogP contribution in [-0.2, 0) is 24.2 Å². The van der Waals surface area contributed by atoms with E-state index in [1.54, 1.807) is 17.0 Å². The van der Waals surface area contributed by atoms with Gasteiger partial charge in [-0.15, -0.1) is 0 Å². The van der Waals surface area contributed by atoms with E-state index >= 15 is 0 Å². The first-order valence-corrected chi connectivity index (χ1v) is 10.8. The van der Waals surface area contributed by atoms with Gasteiger partial charge in [0.2, 0.25) is 5.91 Å². The first kappa shape index (κ1) is 20.3. The monoisotopic (exact) mass is 424 g/mol. The van der Waals surface area contributed by atoms with Crippen molar-refractivity contribution in [2.24, 2.45) is 0 Å². The average Bonchev–Trinajstić information content (AvgIpc) is 2.77. The molecule has 1 aromatic carbocycles. The molecule has 0 saturated carbocycles. The highest BCUT2D eigenvalue weighted by Gasteiger charge is 2.21. The first-order valence-electron chi connectivity index (χ1n) is 9.80. The van der Waals surface area contributed by atoms with Crippen LogP contribution in [0.3, 0.4) is 0 Å². The molecule has 1 aliphatic rings. The molecule has 0 aliphatic heterocycles. The van der Waals surface area contributed by atoms with Crippen molar-refractivity contribution < 1.29 is 9.18 Å². The number of amides is 1. The van der Waals surface area contributed by atoms with Gasteiger partial charge in [0, 0.05) is 29.3 Å². The summed E-state index contributed by atoms with van der Waals surface area (Å²) in [7, 11) is 0. The van der Waals surface area contributed by atoms with Crippen LogP contribution >= 0.6 is 11.8 Å². The average molecular weight is 425 g/mol.